The van der Waals surface area contributed by atoms with Gasteiger partial charge in [-0.3, -0.25) is 0 Å². The van der Waals surface area contributed by atoms with Gasteiger partial charge in [-0.1, -0.05) is 13.8 Å². The predicted octanol–water partition coefficient (Wildman–Crippen LogP) is 1.39. The zero-order valence-electron chi connectivity index (χ0n) is 8.69. The number of anilines is 1. The molecule has 15 heavy (non-hydrogen) atoms. The minimum atomic E-state index is -0.981. The van der Waals surface area contributed by atoms with E-state index in [4.69, 9.17) is 5.11 Å². The number of carboxylic acids is 1. The maximum absolute atomic E-state index is 10.9. The van der Waals surface area contributed by atoms with Crippen LogP contribution in [0.5, 0.6) is 0 Å². The van der Waals surface area contributed by atoms with Crippen LogP contribution in [0.1, 0.15) is 30.6 Å². The molecule has 5 nitrogen and oxygen atoms in total. The van der Waals surface area contributed by atoms with Gasteiger partial charge in [0.25, 0.3) is 0 Å². The number of aromatic nitrogens is 2. The molecule has 0 aromatic carbocycles. The van der Waals surface area contributed by atoms with Gasteiger partial charge in [0.15, 0.2) is 5.82 Å². The van der Waals surface area contributed by atoms with E-state index in [0.29, 0.717) is 11.9 Å². The van der Waals surface area contributed by atoms with E-state index in [1.165, 1.54) is 12.3 Å². The van der Waals surface area contributed by atoms with Gasteiger partial charge in [-0.2, -0.15) is 5.10 Å². The highest BCUT2D eigenvalue weighted by atomic mass is 16.4. The Morgan fingerprint density at radius 3 is 2.87 bits per heavy atom. The van der Waals surface area contributed by atoms with Gasteiger partial charge in [0.05, 0.1) is 6.20 Å². The third-order valence-corrected chi connectivity index (χ3v) is 2.78. The van der Waals surface area contributed by atoms with Crippen LogP contribution in [0.3, 0.4) is 0 Å². The SMILES string of the molecule is CC1(C)C[C@H]1Nc1nnccc1C(=O)O. The molecule has 1 aliphatic carbocycles. The van der Waals surface area contributed by atoms with Crippen LogP contribution >= 0.6 is 0 Å². The smallest absolute Gasteiger partial charge is 0.339 e. The normalized spacial score (nSPS) is 22.1. The molecule has 0 spiro atoms. The zero-order chi connectivity index (χ0) is 11.1. The van der Waals surface area contributed by atoms with E-state index in [9.17, 15) is 4.79 Å². The fourth-order valence-electron chi connectivity index (χ4n) is 1.49. The van der Waals surface area contributed by atoms with Crippen molar-refractivity contribution in [3.05, 3.63) is 17.8 Å². The highest BCUT2D eigenvalue weighted by molar-refractivity contribution is 5.92. The van der Waals surface area contributed by atoms with Crippen molar-refractivity contribution in [3.63, 3.8) is 0 Å². The zero-order valence-corrected chi connectivity index (χ0v) is 8.69. The largest absolute Gasteiger partial charge is 0.478 e. The number of nitrogens with zero attached hydrogens (tertiary/aromatic N) is 2. The van der Waals surface area contributed by atoms with Crippen LogP contribution < -0.4 is 5.32 Å². The number of nitrogens with one attached hydrogen (secondary N) is 1. The van der Waals surface area contributed by atoms with Gasteiger partial charge in [0.2, 0.25) is 0 Å². The van der Waals surface area contributed by atoms with E-state index in [1.54, 1.807) is 0 Å². The van der Waals surface area contributed by atoms with Gasteiger partial charge in [-0.15, -0.1) is 5.10 Å². The van der Waals surface area contributed by atoms with E-state index >= 15 is 0 Å². The molecule has 0 unspecified atom stereocenters. The second-order valence-corrected chi connectivity index (χ2v) is 4.49. The summed E-state index contributed by atoms with van der Waals surface area (Å²) in [5.74, 6) is -0.619. The average Bonchev–Trinajstić information content (AvgIpc) is 2.74. The monoisotopic (exact) mass is 207 g/mol. The molecule has 2 N–H and O–H groups in total. The molecule has 0 radical (unpaired) electrons. The molecule has 0 aliphatic heterocycles. The lowest BCUT2D eigenvalue weighted by atomic mass is 10.2. The summed E-state index contributed by atoms with van der Waals surface area (Å²) in [6.07, 6.45) is 2.41. The van der Waals surface area contributed by atoms with Gasteiger partial charge in [-0.25, -0.2) is 4.79 Å². The minimum absolute atomic E-state index is 0.174. The Bertz CT molecular complexity index is 403. The Morgan fingerprint density at radius 1 is 1.67 bits per heavy atom. The lowest BCUT2D eigenvalue weighted by Gasteiger charge is -2.08. The summed E-state index contributed by atoms with van der Waals surface area (Å²) in [5, 5.41) is 19.5. The van der Waals surface area contributed by atoms with Crippen molar-refractivity contribution in [2.45, 2.75) is 26.3 Å². The number of carbonyl (C=O) groups is 1. The molecule has 1 atom stereocenters. The summed E-state index contributed by atoms with van der Waals surface area (Å²) in [4.78, 5) is 10.9. The van der Waals surface area contributed by atoms with Crippen LogP contribution in [0.15, 0.2) is 12.3 Å². The Labute approximate surface area is 87.5 Å². The maximum atomic E-state index is 10.9. The molecule has 0 bridgehead atoms. The Hall–Kier alpha value is -1.65. The summed E-state index contributed by atoms with van der Waals surface area (Å²) < 4.78 is 0. The van der Waals surface area contributed by atoms with Crippen molar-refractivity contribution in [1.29, 1.82) is 0 Å². The van der Waals surface area contributed by atoms with E-state index < -0.39 is 5.97 Å². The van der Waals surface area contributed by atoms with Crippen LogP contribution in [0, 0.1) is 5.41 Å². The summed E-state index contributed by atoms with van der Waals surface area (Å²) in [5.41, 5.74) is 0.403. The van der Waals surface area contributed by atoms with E-state index in [0.717, 1.165) is 6.42 Å². The molecule has 80 valence electrons. The summed E-state index contributed by atoms with van der Waals surface area (Å²) in [6, 6.07) is 1.75. The van der Waals surface area contributed by atoms with Crippen LogP contribution in [0.2, 0.25) is 0 Å². The third kappa shape index (κ3) is 1.91. The van der Waals surface area contributed by atoms with Gasteiger partial charge < -0.3 is 10.4 Å². The van der Waals surface area contributed by atoms with Crippen molar-refractivity contribution in [2.24, 2.45) is 5.41 Å². The second-order valence-electron chi connectivity index (χ2n) is 4.49. The fraction of sp³-hybridized carbons (Fsp3) is 0.500. The molecule has 5 heteroatoms. The summed E-state index contributed by atoms with van der Waals surface area (Å²) in [7, 11) is 0. The molecule has 1 aliphatic rings. The summed E-state index contributed by atoms with van der Waals surface area (Å²) >= 11 is 0. The molecular formula is C10H13N3O2. The van der Waals surface area contributed by atoms with Crippen molar-refractivity contribution in [1.82, 2.24) is 10.2 Å². The highest BCUT2D eigenvalue weighted by Crippen LogP contribution is 2.46. The summed E-state index contributed by atoms with van der Waals surface area (Å²) in [6.45, 7) is 4.25. The Balaban J connectivity index is 2.18. The number of rotatable bonds is 3. The Morgan fingerprint density at radius 2 is 2.33 bits per heavy atom. The maximum Gasteiger partial charge on any atom is 0.339 e. The lowest BCUT2D eigenvalue weighted by molar-refractivity contribution is 0.0697. The quantitative estimate of drug-likeness (QED) is 0.783. The van der Waals surface area contributed by atoms with Crippen molar-refractivity contribution in [3.8, 4) is 0 Å². The lowest BCUT2D eigenvalue weighted by Crippen LogP contribution is -2.14. The van der Waals surface area contributed by atoms with Gasteiger partial charge in [0.1, 0.15) is 5.56 Å². The molecular weight excluding hydrogens is 194 g/mol. The molecule has 2 rings (SSSR count). The Kier molecular flexibility index (Phi) is 2.10. The van der Waals surface area contributed by atoms with Gasteiger partial charge in [-0.05, 0) is 17.9 Å². The van der Waals surface area contributed by atoms with Crippen LogP contribution in [-0.4, -0.2) is 27.3 Å². The number of carboxylic acid groups (broad SMARTS) is 1. The first-order valence-corrected chi connectivity index (χ1v) is 4.82. The molecule has 1 aromatic rings. The van der Waals surface area contributed by atoms with E-state index in [2.05, 4.69) is 29.4 Å². The first-order valence-electron chi connectivity index (χ1n) is 4.82. The number of hydrogen-bond acceptors (Lipinski definition) is 4. The predicted molar refractivity (Wildman–Crippen MR) is 54.8 cm³/mol. The molecule has 0 saturated heterocycles. The molecule has 1 saturated carbocycles. The van der Waals surface area contributed by atoms with Crippen molar-refractivity contribution in [2.75, 3.05) is 5.32 Å². The van der Waals surface area contributed by atoms with Gasteiger partial charge >= 0.3 is 5.97 Å². The highest BCUT2D eigenvalue weighted by Gasteiger charge is 2.46. The van der Waals surface area contributed by atoms with Crippen LogP contribution in [0.4, 0.5) is 5.82 Å². The number of aromatic carboxylic acids is 1. The van der Waals surface area contributed by atoms with Gasteiger partial charge in [0, 0.05) is 6.04 Å². The number of hydrogen-bond donors (Lipinski definition) is 2. The molecule has 0 amide bonds. The van der Waals surface area contributed by atoms with Crippen molar-refractivity contribution < 1.29 is 9.90 Å². The first-order chi connectivity index (χ1) is 7.00. The topological polar surface area (TPSA) is 75.1 Å². The van der Waals surface area contributed by atoms with Crippen LogP contribution in [0.25, 0.3) is 0 Å². The second kappa shape index (κ2) is 3.18. The standard InChI is InChI=1S/C10H13N3O2/c1-10(2)5-7(10)12-8-6(9(14)15)3-4-11-13-8/h3-4,7H,5H2,1-2H3,(H,12,13)(H,14,15)/t7-/m1/s1. The molecule has 1 heterocycles. The van der Waals surface area contributed by atoms with E-state index in [-0.39, 0.29) is 11.0 Å². The molecule has 1 fully saturated rings. The third-order valence-electron chi connectivity index (χ3n) is 2.78. The average molecular weight is 207 g/mol. The van der Waals surface area contributed by atoms with Crippen LogP contribution in [-0.2, 0) is 0 Å². The molecule has 1 aromatic heterocycles. The fourth-order valence-corrected chi connectivity index (χ4v) is 1.49. The van der Waals surface area contributed by atoms with Crippen molar-refractivity contribution >= 4 is 11.8 Å². The van der Waals surface area contributed by atoms with E-state index in [1.807, 2.05) is 0 Å². The minimum Gasteiger partial charge on any atom is -0.478 e. The first kappa shape index (κ1) is 9.89.